The standard InChI is InChI=1S/C21H26N2O3/c1-16(17-6-3-2-4-7-17)22-14-21(24)23-18-9-11-19(12-10-18)26-15-20-8-5-13-25-20/h2-4,6-7,9-12,16,20,22H,5,8,13-15H2,1H3,(H,23,24). The molecule has 2 aromatic carbocycles. The molecule has 0 saturated carbocycles. The highest BCUT2D eigenvalue weighted by atomic mass is 16.5. The molecule has 5 heteroatoms. The molecular weight excluding hydrogens is 328 g/mol. The van der Waals surface area contributed by atoms with Crippen LogP contribution in [0, 0.1) is 0 Å². The first kappa shape index (κ1) is 18.4. The highest BCUT2D eigenvalue weighted by Gasteiger charge is 2.16. The largest absolute Gasteiger partial charge is 0.491 e. The predicted octanol–water partition coefficient (Wildman–Crippen LogP) is 3.53. The molecule has 0 radical (unpaired) electrons. The lowest BCUT2D eigenvalue weighted by molar-refractivity contribution is -0.115. The van der Waals surface area contributed by atoms with Crippen molar-refractivity contribution in [3.63, 3.8) is 0 Å². The Labute approximate surface area is 154 Å². The van der Waals surface area contributed by atoms with Crippen molar-refractivity contribution in [2.45, 2.75) is 31.9 Å². The lowest BCUT2D eigenvalue weighted by atomic mass is 10.1. The molecule has 1 heterocycles. The summed E-state index contributed by atoms with van der Waals surface area (Å²) in [4.78, 5) is 12.1. The average Bonchev–Trinajstić information content (AvgIpc) is 3.20. The maximum Gasteiger partial charge on any atom is 0.238 e. The van der Waals surface area contributed by atoms with Crippen LogP contribution in [-0.2, 0) is 9.53 Å². The molecule has 1 aliphatic rings. The normalized spacial score (nSPS) is 17.7. The van der Waals surface area contributed by atoms with Gasteiger partial charge in [0.15, 0.2) is 0 Å². The fraction of sp³-hybridized carbons (Fsp3) is 0.381. The van der Waals surface area contributed by atoms with Crippen LogP contribution in [0.4, 0.5) is 5.69 Å². The second kappa shape index (κ2) is 9.36. The number of benzene rings is 2. The van der Waals surface area contributed by atoms with Crippen LogP contribution in [0.5, 0.6) is 5.75 Å². The van der Waals surface area contributed by atoms with Crippen LogP contribution in [0.3, 0.4) is 0 Å². The van der Waals surface area contributed by atoms with Gasteiger partial charge >= 0.3 is 0 Å². The zero-order valence-electron chi connectivity index (χ0n) is 15.1. The van der Waals surface area contributed by atoms with Crippen molar-refractivity contribution < 1.29 is 14.3 Å². The fourth-order valence-electron chi connectivity index (χ4n) is 2.91. The smallest absolute Gasteiger partial charge is 0.238 e. The van der Waals surface area contributed by atoms with Crippen LogP contribution in [-0.4, -0.2) is 31.8 Å². The van der Waals surface area contributed by atoms with E-state index in [0.717, 1.165) is 36.4 Å². The number of rotatable bonds is 8. The average molecular weight is 354 g/mol. The first-order valence-electron chi connectivity index (χ1n) is 9.13. The molecule has 1 aliphatic heterocycles. The maximum atomic E-state index is 12.1. The lowest BCUT2D eigenvalue weighted by Crippen LogP contribution is -2.30. The van der Waals surface area contributed by atoms with Crippen LogP contribution in [0.15, 0.2) is 54.6 Å². The zero-order chi connectivity index (χ0) is 18.2. The lowest BCUT2D eigenvalue weighted by Gasteiger charge is -2.14. The molecule has 2 atom stereocenters. The molecule has 1 amide bonds. The van der Waals surface area contributed by atoms with Gasteiger partial charge in [0.1, 0.15) is 12.4 Å². The van der Waals surface area contributed by atoms with E-state index >= 15 is 0 Å². The van der Waals surface area contributed by atoms with Gasteiger partial charge in [-0.2, -0.15) is 0 Å². The van der Waals surface area contributed by atoms with E-state index < -0.39 is 0 Å². The fourth-order valence-corrected chi connectivity index (χ4v) is 2.91. The second-order valence-corrected chi connectivity index (χ2v) is 6.53. The van der Waals surface area contributed by atoms with Gasteiger partial charge in [0.05, 0.1) is 12.6 Å². The second-order valence-electron chi connectivity index (χ2n) is 6.53. The molecule has 0 bridgehead atoms. The monoisotopic (exact) mass is 354 g/mol. The Morgan fingerprint density at radius 2 is 1.96 bits per heavy atom. The first-order valence-corrected chi connectivity index (χ1v) is 9.13. The SMILES string of the molecule is CC(NCC(=O)Nc1ccc(OCC2CCCO2)cc1)c1ccccc1. The van der Waals surface area contributed by atoms with E-state index in [1.807, 2.05) is 61.5 Å². The van der Waals surface area contributed by atoms with Gasteiger partial charge in [0.2, 0.25) is 5.91 Å². The third-order valence-electron chi connectivity index (χ3n) is 4.47. The van der Waals surface area contributed by atoms with Gasteiger partial charge in [-0.3, -0.25) is 4.79 Å². The molecule has 0 aromatic heterocycles. The number of nitrogens with one attached hydrogen (secondary N) is 2. The summed E-state index contributed by atoms with van der Waals surface area (Å²) >= 11 is 0. The van der Waals surface area contributed by atoms with Crippen LogP contribution in [0.25, 0.3) is 0 Å². The molecule has 1 saturated heterocycles. The number of hydrogen-bond acceptors (Lipinski definition) is 4. The van der Waals surface area contributed by atoms with Gasteiger partial charge in [-0.15, -0.1) is 0 Å². The minimum absolute atomic E-state index is 0.0687. The van der Waals surface area contributed by atoms with Crippen molar-refractivity contribution in [3.8, 4) is 5.75 Å². The molecule has 2 N–H and O–H groups in total. The molecule has 5 nitrogen and oxygen atoms in total. The van der Waals surface area contributed by atoms with Crippen molar-refractivity contribution in [1.82, 2.24) is 5.32 Å². The van der Waals surface area contributed by atoms with Crippen molar-refractivity contribution >= 4 is 11.6 Å². The molecule has 26 heavy (non-hydrogen) atoms. The quantitative estimate of drug-likeness (QED) is 0.761. The number of carbonyl (C=O) groups excluding carboxylic acids is 1. The first-order chi connectivity index (χ1) is 12.7. The number of carbonyl (C=O) groups is 1. The van der Waals surface area contributed by atoms with Gasteiger partial charge in [-0.1, -0.05) is 30.3 Å². The van der Waals surface area contributed by atoms with Crippen LogP contribution in [0.2, 0.25) is 0 Å². The minimum atomic E-state index is -0.0687. The van der Waals surface area contributed by atoms with E-state index in [0.29, 0.717) is 6.61 Å². The summed E-state index contributed by atoms with van der Waals surface area (Å²) in [5, 5.41) is 6.12. The van der Waals surface area contributed by atoms with E-state index in [2.05, 4.69) is 10.6 Å². The number of ether oxygens (including phenoxy) is 2. The summed E-state index contributed by atoms with van der Waals surface area (Å²) in [7, 11) is 0. The van der Waals surface area contributed by atoms with Crippen molar-refractivity contribution in [2.75, 3.05) is 25.1 Å². The highest BCUT2D eigenvalue weighted by molar-refractivity contribution is 5.92. The van der Waals surface area contributed by atoms with Gasteiger partial charge in [0.25, 0.3) is 0 Å². The molecule has 0 aliphatic carbocycles. The summed E-state index contributed by atoms with van der Waals surface area (Å²) < 4.78 is 11.3. The van der Waals surface area contributed by atoms with Gasteiger partial charge < -0.3 is 20.1 Å². The Morgan fingerprint density at radius 3 is 2.65 bits per heavy atom. The van der Waals surface area contributed by atoms with Crippen LogP contribution < -0.4 is 15.4 Å². The number of amides is 1. The molecule has 138 valence electrons. The number of anilines is 1. The summed E-state index contributed by atoms with van der Waals surface area (Å²) in [6.07, 6.45) is 2.37. The van der Waals surface area contributed by atoms with Gasteiger partial charge in [-0.05, 0) is 49.6 Å². The predicted molar refractivity (Wildman–Crippen MR) is 102 cm³/mol. The Morgan fingerprint density at radius 1 is 1.19 bits per heavy atom. The highest BCUT2D eigenvalue weighted by Crippen LogP contribution is 2.18. The van der Waals surface area contributed by atoms with Crippen LogP contribution in [0.1, 0.15) is 31.4 Å². The van der Waals surface area contributed by atoms with E-state index in [1.54, 1.807) is 0 Å². The van der Waals surface area contributed by atoms with Crippen molar-refractivity contribution in [1.29, 1.82) is 0 Å². The third kappa shape index (κ3) is 5.58. The topological polar surface area (TPSA) is 59.6 Å². The molecule has 0 spiro atoms. The Bertz CT molecular complexity index is 682. The summed E-state index contributed by atoms with van der Waals surface area (Å²) in [6, 6.07) is 17.6. The summed E-state index contributed by atoms with van der Waals surface area (Å²) in [5.41, 5.74) is 1.92. The molecule has 2 aromatic rings. The Hall–Kier alpha value is -2.37. The Balaban J connectivity index is 1.41. The number of hydrogen-bond donors (Lipinski definition) is 2. The van der Waals surface area contributed by atoms with E-state index in [4.69, 9.17) is 9.47 Å². The van der Waals surface area contributed by atoms with Crippen LogP contribution >= 0.6 is 0 Å². The molecular formula is C21H26N2O3. The maximum absolute atomic E-state index is 12.1. The van der Waals surface area contributed by atoms with Crippen molar-refractivity contribution in [3.05, 3.63) is 60.2 Å². The Kier molecular flexibility index (Phi) is 6.63. The summed E-state index contributed by atoms with van der Waals surface area (Å²) in [5.74, 6) is 0.718. The van der Waals surface area contributed by atoms with Gasteiger partial charge in [0, 0.05) is 18.3 Å². The van der Waals surface area contributed by atoms with E-state index in [-0.39, 0.29) is 24.6 Å². The molecule has 1 fully saturated rings. The third-order valence-corrected chi connectivity index (χ3v) is 4.47. The van der Waals surface area contributed by atoms with E-state index in [9.17, 15) is 4.79 Å². The molecule has 3 rings (SSSR count). The molecule has 2 unspecified atom stereocenters. The van der Waals surface area contributed by atoms with Gasteiger partial charge in [-0.25, -0.2) is 0 Å². The zero-order valence-corrected chi connectivity index (χ0v) is 15.1. The summed E-state index contributed by atoms with van der Waals surface area (Å²) in [6.45, 7) is 3.71. The van der Waals surface area contributed by atoms with E-state index in [1.165, 1.54) is 0 Å². The minimum Gasteiger partial charge on any atom is -0.491 e. The van der Waals surface area contributed by atoms with Crippen molar-refractivity contribution in [2.24, 2.45) is 0 Å².